The van der Waals surface area contributed by atoms with Crippen molar-refractivity contribution in [1.29, 1.82) is 0 Å². The molecule has 0 bridgehead atoms. The Bertz CT molecular complexity index is 502. The van der Waals surface area contributed by atoms with Crippen molar-refractivity contribution in [3.05, 3.63) is 12.2 Å². The molecule has 1 aliphatic heterocycles. The number of nitrogens with zero attached hydrogens (tertiary/aromatic N) is 1. The Kier molecular flexibility index (Phi) is 6.79. The Labute approximate surface area is 123 Å². The number of aliphatic hydroxyl groups is 1. The second kappa shape index (κ2) is 8.11. The van der Waals surface area contributed by atoms with Crippen molar-refractivity contribution in [2.75, 3.05) is 38.3 Å². The Balaban J connectivity index is 2.21. The van der Waals surface area contributed by atoms with Crippen LogP contribution < -0.4 is 5.32 Å². The van der Waals surface area contributed by atoms with Crippen LogP contribution >= 0.6 is 0 Å². The van der Waals surface area contributed by atoms with E-state index < -0.39 is 16.1 Å². The molecule has 1 atom stereocenters. The van der Waals surface area contributed by atoms with E-state index in [0.717, 1.165) is 4.90 Å². The number of hydrogen-bond acceptors (Lipinski definition) is 6. The van der Waals surface area contributed by atoms with Crippen LogP contribution in [-0.2, 0) is 24.2 Å². The van der Waals surface area contributed by atoms with Gasteiger partial charge in [0.05, 0.1) is 18.1 Å². The van der Waals surface area contributed by atoms with Gasteiger partial charge in [-0.15, -0.1) is 0 Å². The second-order valence-corrected chi connectivity index (χ2v) is 6.85. The number of hydrogen-bond donors (Lipinski definition) is 2. The van der Waals surface area contributed by atoms with Crippen molar-refractivity contribution < 1.29 is 27.9 Å². The summed E-state index contributed by atoms with van der Waals surface area (Å²) >= 11 is 0. The van der Waals surface area contributed by atoms with Crippen LogP contribution in [0.4, 0.5) is 0 Å². The summed E-state index contributed by atoms with van der Waals surface area (Å²) < 4.78 is 27.7. The Morgan fingerprint density at radius 1 is 1.48 bits per heavy atom. The molecular formula is C12H20N2O6S. The fourth-order valence-electron chi connectivity index (χ4n) is 1.71. The first kappa shape index (κ1) is 17.6. The lowest BCUT2D eigenvalue weighted by Crippen LogP contribution is -2.38. The maximum atomic E-state index is 11.5. The van der Waals surface area contributed by atoms with E-state index in [2.05, 4.69) is 10.1 Å². The number of ether oxygens (including phenoxy) is 1. The van der Waals surface area contributed by atoms with Gasteiger partial charge < -0.3 is 20.1 Å². The third-order valence-electron chi connectivity index (χ3n) is 2.93. The topological polar surface area (TPSA) is 113 Å². The second-order valence-electron chi connectivity index (χ2n) is 4.55. The SMILES string of the molecule is COCCS(=O)(=O)CCNC(=O)CCN1C(=O)C=CC1O. The van der Waals surface area contributed by atoms with Crippen LogP contribution in [0.15, 0.2) is 12.2 Å². The quantitative estimate of drug-likeness (QED) is 0.522. The number of nitrogens with one attached hydrogen (secondary N) is 1. The normalized spacial score (nSPS) is 18.3. The molecule has 21 heavy (non-hydrogen) atoms. The average Bonchev–Trinajstić information content (AvgIpc) is 2.73. The fraction of sp³-hybridized carbons (Fsp3) is 0.667. The van der Waals surface area contributed by atoms with E-state index in [1.54, 1.807) is 0 Å². The predicted molar refractivity (Wildman–Crippen MR) is 75.0 cm³/mol. The molecule has 1 rings (SSSR count). The molecule has 0 aliphatic carbocycles. The molecule has 0 spiro atoms. The zero-order valence-electron chi connectivity index (χ0n) is 11.8. The highest BCUT2D eigenvalue weighted by Crippen LogP contribution is 2.08. The van der Waals surface area contributed by atoms with E-state index in [0.29, 0.717) is 0 Å². The smallest absolute Gasteiger partial charge is 0.248 e. The summed E-state index contributed by atoms with van der Waals surface area (Å²) in [5.41, 5.74) is 0. The first-order valence-corrected chi connectivity index (χ1v) is 8.31. The number of methoxy groups -OCH3 is 1. The minimum absolute atomic E-state index is 0.00258. The molecule has 8 nitrogen and oxygen atoms in total. The predicted octanol–water partition coefficient (Wildman–Crippen LogP) is -1.73. The average molecular weight is 320 g/mol. The molecule has 120 valence electrons. The van der Waals surface area contributed by atoms with E-state index in [1.165, 1.54) is 19.3 Å². The van der Waals surface area contributed by atoms with Gasteiger partial charge >= 0.3 is 0 Å². The van der Waals surface area contributed by atoms with Gasteiger partial charge in [0, 0.05) is 32.7 Å². The van der Waals surface area contributed by atoms with Crippen molar-refractivity contribution in [1.82, 2.24) is 10.2 Å². The number of carbonyl (C=O) groups is 2. The molecule has 1 heterocycles. The van der Waals surface area contributed by atoms with E-state index in [9.17, 15) is 23.1 Å². The third-order valence-corrected chi connectivity index (χ3v) is 4.54. The lowest BCUT2D eigenvalue weighted by molar-refractivity contribution is -0.131. The van der Waals surface area contributed by atoms with Gasteiger partial charge in [-0.2, -0.15) is 0 Å². The van der Waals surface area contributed by atoms with Crippen molar-refractivity contribution >= 4 is 21.7 Å². The van der Waals surface area contributed by atoms with Crippen LogP contribution in [0.2, 0.25) is 0 Å². The summed E-state index contributed by atoms with van der Waals surface area (Å²) in [6.45, 7) is 0.215. The molecule has 0 aromatic rings. The molecular weight excluding hydrogens is 300 g/mol. The van der Waals surface area contributed by atoms with Gasteiger partial charge in [-0.25, -0.2) is 8.42 Å². The summed E-state index contributed by atoms with van der Waals surface area (Å²) in [6.07, 6.45) is 1.58. The Morgan fingerprint density at radius 2 is 2.19 bits per heavy atom. The van der Waals surface area contributed by atoms with Crippen molar-refractivity contribution in [2.24, 2.45) is 0 Å². The molecule has 0 aromatic carbocycles. The summed E-state index contributed by atoms with van der Waals surface area (Å²) in [7, 11) is -1.82. The molecule has 0 fully saturated rings. The zero-order chi connectivity index (χ0) is 15.9. The zero-order valence-corrected chi connectivity index (χ0v) is 12.6. The summed E-state index contributed by atoms with van der Waals surface area (Å²) in [5.74, 6) is -0.963. The van der Waals surface area contributed by atoms with Gasteiger partial charge in [-0.3, -0.25) is 9.59 Å². The molecule has 1 unspecified atom stereocenters. The summed E-state index contributed by atoms with van der Waals surface area (Å²) in [4.78, 5) is 24.0. The molecule has 0 radical (unpaired) electrons. The highest BCUT2D eigenvalue weighted by molar-refractivity contribution is 7.91. The number of sulfone groups is 1. The monoisotopic (exact) mass is 320 g/mol. The maximum absolute atomic E-state index is 11.5. The summed E-state index contributed by atoms with van der Waals surface area (Å²) in [5, 5.41) is 11.9. The highest BCUT2D eigenvalue weighted by Gasteiger charge is 2.23. The first-order chi connectivity index (χ1) is 9.85. The first-order valence-electron chi connectivity index (χ1n) is 6.48. The largest absolute Gasteiger partial charge is 0.384 e. The van der Waals surface area contributed by atoms with Crippen LogP contribution in [-0.4, -0.2) is 74.8 Å². The Hall–Kier alpha value is -1.45. The maximum Gasteiger partial charge on any atom is 0.248 e. The van der Waals surface area contributed by atoms with E-state index in [4.69, 9.17) is 0 Å². The van der Waals surface area contributed by atoms with Crippen LogP contribution in [0.1, 0.15) is 6.42 Å². The molecule has 0 saturated carbocycles. The highest BCUT2D eigenvalue weighted by atomic mass is 32.2. The fourth-order valence-corrected chi connectivity index (χ4v) is 2.75. The third kappa shape index (κ3) is 6.23. The lowest BCUT2D eigenvalue weighted by Gasteiger charge is -2.19. The minimum atomic E-state index is -3.24. The number of rotatable bonds is 9. The van der Waals surface area contributed by atoms with Gasteiger partial charge in [-0.05, 0) is 6.08 Å². The van der Waals surface area contributed by atoms with Crippen molar-refractivity contribution in [3.8, 4) is 0 Å². The van der Waals surface area contributed by atoms with Crippen molar-refractivity contribution in [2.45, 2.75) is 12.6 Å². The van der Waals surface area contributed by atoms with Crippen molar-refractivity contribution in [3.63, 3.8) is 0 Å². The number of amides is 2. The minimum Gasteiger partial charge on any atom is -0.384 e. The van der Waals surface area contributed by atoms with E-state index in [1.807, 2.05) is 0 Å². The van der Waals surface area contributed by atoms with Crippen LogP contribution in [0.5, 0.6) is 0 Å². The van der Waals surface area contributed by atoms with Gasteiger partial charge in [-0.1, -0.05) is 0 Å². The van der Waals surface area contributed by atoms with Crippen LogP contribution in [0, 0.1) is 0 Å². The molecule has 0 aromatic heterocycles. The molecule has 9 heteroatoms. The van der Waals surface area contributed by atoms with E-state index >= 15 is 0 Å². The number of aliphatic hydroxyl groups excluding tert-OH is 1. The van der Waals surface area contributed by atoms with E-state index in [-0.39, 0.29) is 49.4 Å². The standard InChI is InChI=1S/C12H20N2O6S/c1-20-7-9-21(18,19)8-5-13-10(15)4-6-14-11(16)2-3-12(14)17/h2-3,11,16H,4-9H2,1H3,(H,13,15). The molecule has 0 saturated heterocycles. The summed E-state index contributed by atoms with van der Waals surface area (Å²) in [6, 6.07) is 0. The van der Waals surface area contributed by atoms with Gasteiger partial charge in [0.2, 0.25) is 11.8 Å². The van der Waals surface area contributed by atoms with Gasteiger partial charge in [0.25, 0.3) is 0 Å². The lowest BCUT2D eigenvalue weighted by atomic mass is 10.3. The Morgan fingerprint density at radius 3 is 2.76 bits per heavy atom. The van der Waals surface area contributed by atoms with Gasteiger partial charge in [0.15, 0.2) is 9.84 Å². The molecule has 1 aliphatic rings. The van der Waals surface area contributed by atoms with Gasteiger partial charge in [0.1, 0.15) is 6.23 Å². The molecule has 2 N–H and O–H groups in total. The van der Waals surface area contributed by atoms with Crippen LogP contribution in [0.3, 0.4) is 0 Å². The number of carbonyl (C=O) groups excluding carboxylic acids is 2. The molecule has 2 amide bonds. The van der Waals surface area contributed by atoms with Crippen LogP contribution in [0.25, 0.3) is 0 Å².